The molecule has 0 aliphatic rings. The van der Waals surface area contributed by atoms with Crippen LogP contribution < -0.4 is 0 Å². The van der Waals surface area contributed by atoms with E-state index < -0.39 is 5.97 Å². The van der Waals surface area contributed by atoms with Gasteiger partial charge < -0.3 is 5.11 Å². The molecule has 0 spiro atoms. The lowest BCUT2D eigenvalue weighted by Gasteiger charge is -2.07. The molecule has 5 nitrogen and oxygen atoms in total. The summed E-state index contributed by atoms with van der Waals surface area (Å²) < 4.78 is 0. The highest BCUT2D eigenvalue weighted by Crippen LogP contribution is 2.15. The van der Waals surface area contributed by atoms with Crippen LogP contribution in [0.25, 0.3) is 0 Å². The second-order valence-corrected chi connectivity index (χ2v) is 6.76. The predicted octanol–water partition coefficient (Wildman–Crippen LogP) is 4.41. The number of Topliss-reactive ketones (excluding diaryl/α,β-unsaturated/α-hetero) is 3. The van der Waals surface area contributed by atoms with Crippen LogP contribution in [-0.4, -0.2) is 28.4 Å². The first-order chi connectivity index (χ1) is 12.3. The van der Waals surface area contributed by atoms with E-state index in [4.69, 9.17) is 5.11 Å². The zero-order chi connectivity index (χ0) is 19.5. The number of hydrogen-bond acceptors (Lipinski definition) is 4. The minimum atomic E-state index is -0.752. The van der Waals surface area contributed by atoms with Gasteiger partial charge in [0.15, 0.2) is 11.6 Å². The Labute approximate surface area is 154 Å². The first kappa shape index (κ1) is 21.7. The molecule has 0 fully saturated rings. The van der Waals surface area contributed by atoms with Gasteiger partial charge in [0.2, 0.25) is 0 Å². The minimum Gasteiger partial charge on any atom is -0.481 e. The fraction of sp³-hybridized carbons (Fsp3) is 0.524. The lowest BCUT2D eigenvalue weighted by atomic mass is 9.97. The number of carboxylic acids is 1. The summed E-state index contributed by atoms with van der Waals surface area (Å²) in [6, 6.07) is 4.95. The Morgan fingerprint density at radius 2 is 1.19 bits per heavy atom. The van der Waals surface area contributed by atoms with E-state index in [1.54, 1.807) is 18.2 Å². The van der Waals surface area contributed by atoms with Crippen molar-refractivity contribution in [1.82, 2.24) is 0 Å². The van der Waals surface area contributed by atoms with Crippen molar-refractivity contribution in [3.63, 3.8) is 0 Å². The molecular formula is C21H28O5. The Bertz CT molecular complexity index is 628. The molecule has 0 aliphatic heterocycles. The number of carboxylic acid groups (broad SMARTS) is 1. The molecule has 26 heavy (non-hydrogen) atoms. The van der Waals surface area contributed by atoms with Gasteiger partial charge >= 0.3 is 5.97 Å². The van der Waals surface area contributed by atoms with E-state index >= 15 is 0 Å². The van der Waals surface area contributed by atoms with Crippen molar-refractivity contribution < 1.29 is 24.3 Å². The molecular weight excluding hydrogens is 332 g/mol. The first-order valence-corrected chi connectivity index (χ1v) is 9.19. The summed E-state index contributed by atoms with van der Waals surface area (Å²) in [5, 5.41) is 8.56. The first-order valence-electron chi connectivity index (χ1n) is 9.19. The van der Waals surface area contributed by atoms with E-state index in [1.165, 1.54) is 13.8 Å². The third-order valence-corrected chi connectivity index (χ3v) is 4.30. The van der Waals surface area contributed by atoms with Gasteiger partial charge in [0.25, 0.3) is 0 Å². The van der Waals surface area contributed by atoms with Crippen LogP contribution in [0, 0.1) is 0 Å². The Kier molecular flexibility index (Phi) is 9.48. The van der Waals surface area contributed by atoms with Crippen molar-refractivity contribution in [3.8, 4) is 0 Å². The number of ketones is 3. The maximum absolute atomic E-state index is 12.1. The van der Waals surface area contributed by atoms with Crippen LogP contribution in [0.4, 0.5) is 0 Å². The van der Waals surface area contributed by atoms with Gasteiger partial charge in [-0.05, 0) is 50.5 Å². The molecule has 0 aromatic heterocycles. The highest BCUT2D eigenvalue weighted by Gasteiger charge is 2.11. The van der Waals surface area contributed by atoms with Gasteiger partial charge in [0.1, 0.15) is 5.78 Å². The number of aliphatic carboxylic acids is 1. The number of hydrogen-bond donors (Lipinski definition) is 1. The lowest BCUT2D eigenvalue weighted by Crippen LogP contribution is -2.06. The van der Waals surface area contributed by atoms with E-state index in [9.17, 15) is 19.2 Å². The average molecular weight is 360 g/mol. The van der Waals surface area contributed by atoms with Crippen molar-refractivity contribution in [2.24, 2.45) is 0 Å². The van der Waals surface area contributed by atoms with Crippen LogP contribution in [0.5, 0.6) is 0 Å². The molecule has 0 unspecified atom stereocenters. The van der Waals surface area contributed by atoms with E-state index in [0.717, 1.165) is 32.1 Å². The number of benzene rings is 1. The summed E-state index contributed by atoms with van der Waals surface area (Å²) in [4.78, 5) is 45.7. The van der Waals surface area contributed by atoms with Gasteiger partial charge in [0.05, 0.1) is 0 Å². The van der Waals surface area contributed by atoms with Crippen LogP contribution in [0.1, 0.15) is 91.5 Å². The van der Waals surface area contributed by atoms with Crippen LogP contribution >= 0.6 is 0 Å². The Balaban J connectivity index is 2.38. The summed E-state index contributed by atoms with van der Waals surface area (Å²) in [5.74, 6) is -0.891. The molecule has 0 saturated carbocycles. The van der Waals surface area contributed by atoms with Crippen LogP contribution in [0.2, 0.25) is 0 Å². The highest BCUT2D eigenvalue weighted by molar-refractivity contribution is 6.00. The molecule has 0 heterocycles. The monoisotopic (exact) mass is 360 g/mol. The Morgan fingerprint density at radius 3 is 1.65 bits per heavy atom. The molecule has 1 aromatic rings. The largest absolute Gasteiger partial charge is 0.481 e. The van der Waals surface area contributed by atoms with Crippen molar-refractivity contribution in [2.75, 3.05) is 0 Å². The molecule has 142 valence electrons. The third-order valence-electron chi connectivity index (χ3n) is 4.30. The molecule has 5 heteroatoms. The molecule has 0 saturated heterocycles. The molecule has 0 amide bonds. The standard InChI is InChI=1S/C21H28O5/c1-15(22)18-11-17(12-19(14-18)16(2)23)13-20(24)9-7-5-3-4-6-8-10-21(25)26/h11-12,14H,3-10,13H2,1-2H3,(H,25,26). The zero-order valence-electron chi connectivity index (χ0n) is 15.7. The number of carbonyl (C=O) groups excluding carboxylic acids is 3. The van der Waals surface area contributed by atoms with Gasteiger partial charge in [-0.25, -0.2) is 0 Å². The summed E-state index contributed by atoms with van der Waals surface area (Å²) in [7, 11) is 0. The van der Waals surface area contributed by atoms with E-state index in [2.05, 4.69) is 0 Å². The normalized spacial score (nSPS) is 10.5. The zero-order valence-corrected chi connectivity index (χ0v) is 15.7. The van der Waals surface area contributed by atoms with Crippen LogP contribution in [-0.2, 0) is 16.0 Å². The van der Waals surface area contributed by atoms with Crippen LogP contribution in [0.15, 0.2) is 18.2 Å². The maximum Gasteiger partial charge on any atom is 0.303 e. The summed E-state index contributed by atoms with van der Waals surface area (Å²) >= 11 is 0. The highest BCUT2D eigenvalue weighted by atomic mass is 16.4. The van der Waals surface area contributed by atoms with Gasteiger partial charge in [-0.15, -0.1) is 0 Å². The quantitative estimate of drug-likeness (QED) is 0.416. The Morgan fingerprint density at radius 1 is 0.731 bits per heavy atom. The molecule has 0 bridgehead atoms. The summed E-state index contributed by atoms with van der Waals surface area (Å²) in [5.41, 5.74) is 1.63. The van der Waals surface area contributed by atoms with Crippen molar-refractivity contribution in [1.29, 1.82) is 0 Å². The summed E-state index contributed by atoms with van der Waals surface area (Å²) in [6.07, 6.45) is 6.31. The number of unbranched alkanes of at least 4 members (excludes halogenated alkanes) is 5. The van der Waals surface area contributed by atoms with Crippen molar-refractivity contribution in [2.45, 2.75) is 71.6 Å². The fourth-order valence-corrected chi connectivity index (χ4v) is 2.82. The molecule has 1 rings (SSSR count). The second kappa shape index (κ2) is 11.3. The van der Waals surface area contributed by atoms with E-state index in [-0.39, 0.29) is 30.2 Å². The molecule has 0 atom stereocenters. The SMILES string of the molecule is CC(=O)c1cc(CC(=O)CCCCCCCCC(=O)O)cc(C(C)=O)c1. The van der Waals surface area contributed by atoms with E-state index in [0.29, 0.717) is 29.5 Å². The van der Waals surface area contributed by atoms with E-state index in [1.807, 2.05) is 0 Å². The smallest absolute Gasteiger partial charge is 0.303 e. The van der Waals surface area contributed by atoms with Crippen molar-refractivity contribution in [3.05, 3.63) is 34.9 Å². The second-order valence-electron chi connectivity index (χ2n) is 6.76. The number of rotatable bonds is 13. The number of carbonyl (C=O) groups is 4. The summed E-state index contributed by atoms with van der Waals surface area (Å²) in [6.45, 7) is 2.89. The lowest BCUT2D eigenvalue weighted by molar-refractivity contribution is -0.137. The third kappa shape index (κ3) is 8.70. The predicted molar refractivity (Wildman–Crippen MR) is 99.7 cm³/mol. The average Bonchev–Trinajstić information content (AvgIpc) is 2.56. The van der Waals surface area contributed by atoms with Gasteiger partial charge in [0, 0.05) is 30.4 Å². The fourth-order valence-electron chi connectivity index (χ4n) is 2.82. The Hall–Kier alpha value is -2.30. The van der Waals surface area contributed by atoms with Crippen LogP contribution in [0.3, 0.4) is 0 Å². The van der Waals surface area contributed by atoms with Crippen molar-refractivity contribution >= 4 is 23.3 Å². The van der Waals surface area contributed by atoms with Gasteiger partial charge in [-0.1, -0.05) is 25.7 Å². The van der Waals surface area contributed by atoms with Gasteiger partial charge in [-0.2, -0.15) is 0 Å². The molecule has 0 radical (unpaired) electrons. The minimum absolute atomic E-state index is 0.103. The molecule has 1 N–H and O–H groups in total. The maximum atomic E-state index is 12.1. The topological polar surface area (TPSA) is 88.5 Å². The van der Waals surface area contributed by atoms with Gasteiger partial charge in [-0.3, -0.25) is 19.2 Å². The molecule has 1 aromatic carbocycles. The molecule has 0 aliphatic carbocycles.